The lowest BCUT2D eigenvalue weighted by Gasteiger charge is -2.15. The number of anilines is 2. The molecule has 2 aromatic carbocycles. The van der Waals surface area contributed by atoms with Crippen LogP contribution in [0.2, 0.25) is 5.02 Å². The van der Waals surface area contributed by atoms with Gasteiger partial charge in [0.15, 0.2) is 5.69 Å². The molecule has 0 aliphatic carbocycles. The van der Waals surface area contributed by atoms with Crippen molar-refractivity contribution in [2.24, 2.45) is 0 Å². The number of aromatic carboxylic acids is 1. The molecule has 0 aliphatic rings. The van der Waals surface area contributed by atoms with E-state index in [9.17, 15) is 23.1 Å². The number of aromatic nitrogens is 3. The van der Waals surface area contributed by atoms with Crippen molar-refractivity contribution in [2.45, 2.75) is 13.1 Å². The molecule has 2 N–H and O–H groups in total. The molecule has 34 heavy (non-hydrogen) atoms. The molecule has 0 spiro atoms. The van der Waals surface area contributed by atoms with E-state index in [2.05, 4.69) is 15.4 Å². The summed E-state index contributed by atoms with van der Waals surface area (Å²) in [5.41, 5.74) is 0.141. The van der Waals surface area contributed by atoms with E-state index < -0.39 is 17.8 Å². The molecule has 0 unspecified atom stereocenters. The van der Waals surface area contributed by atoms with Gasteiger partial charge < -0.3 is 15.2 Å². The van der Waals surface area contributed by atoms with Gasteiger partial charge in [0, 0.05) is 5.38 Å². The normalized spacial score (nSPS) is 11.5. The summed E-state index contributed by atoms with van der Waals surface area (Å²) in [6.07, 6.45) is -4.61. The van der Waals surface area contributed by atoms with Gasteiger partial charge in [-0.1, -0.05) is 23.7 Å². The maximum Gasteiger partial charge on any atom is 0.434 e. The zero-order valence-corrected chi connectivity index (χ0v) is 19.2. The third-order valence-corrected chi connectivity index (χ3v) is 6.04. The Kier molecular flexibility index (Phi) is 6.24. The molecule has 12 heteroatoms. The summed E-state index contributed by atoms with van der Waals surface area (Å²) >= 11 is 7.17. The van der Waals surface area contributed by atoms with E-state index in [-0.39, 0.29) is 27.6 Å². The monoisotopic (exact) mass is 508 g/mol. The van der Waals surface area contributed by atoms with E-state index in [1.54, 1.807) is 37.3 Å². The summed E-state index contributed by atoms with van der Waals surface area (Å²) in [6.45, 7) is 1.62. The van der Waals surface area contributed by atoms with Crippen LogP contribution < -0.4 is 10.1 Å². The molecule has 0 atom stereocenters. The number of ether oxygens (including phenoxy) is 1. The Balaban J connectivity index is 1.94. The molecule has 0 radical (unpaired) electrons. The van der Waals surface area contributed by atoms with E-state index in [0.717, 1.165) is 16.7 Å². The Hall–Kier alpha value is -3.57. The minimum absolute atomic E-state index is 0.0658. The number of carbonyl (C=O) groups is 1. The third kappa shape index (κ3) is 4.44. The minimum Gasteiger partial charge on any atom is -0.497 e. The minimum atomic E-state index is -4.61. The SMILES string of the molecule is COc1ccc(Nc2c(-c3nc(C(F)(F)F)cs3)c(C)nn2-c2ccccc2Cl)c(C(=O)O)c1. The van der Waals surface area contributed by atoms with Crippen molar-refractivity contribution in [1.82, 2.24) is 14.8 Å². The van der Waals surface area contributed by atoms with Gasteiger partial charge in [0.2, 0.25) is 0 Å². The van der Waals surface area contributed by atoms with Crippen LogP contribution in [0, 0.1) is 6.92 Å². The molecular formula is C22H16ClF3N4O3S. The van der Waals surface area contributed by atoms with Crippen LogP contribution in [0.1, 0.15) is 21.7 Å². The summed E-state index contributed by atoms with van der Waals surface area (Å²) in [5.74, 6) is -0.688. The first-order valence-electron chi connectivity index (χ1n) is 9.66. The Morgan fingerprint density at radius 2 is 1.97 bits per heavy atom. The zero-order valence-electron chi connectivity index (χ0n) is 17.6. The standard InChI is InChI=1S/C22H16ClF3N4O3S/c1-11-18(20-28-17(10-34-20)22(24,25)26)19(30(29-11)16-6-4-3-5-14(16)23)27-15-8-7-12(33-2)9-13(15)21(31)32/h3-10,27H,1-2H3,(H,31,32). The summed E-state index contributed by atoms with van der Waals surface area (Å²) in [5, 5.41) is 18.5. The Labute approximate surface area is 200 Å². The summed E-state index contributed by atoms with van der Waals surface area (Å²) in [4.78, 5) is 15.6. The van der Waals surface area contributed by atoms with E-state index in [1.807, 2.05) is 0 Å². The van der Waals surface area contributed by atoms with Crippen molar-refractivity contribution < 1.29 is 27.8 Å². The number of thiazole rings is 1. The van der Waals surface area contributed by atoms with Gasteiger partial charge in [-0.25, -0.2) is 14.5 Å². The second-order valence-corrected chi connectivity index (χ2v) is 8.31. The molecule has 0 saturated heterocycles. The topological polar surface area (TPSA) is 89.3 Å². The van der Waals surface area contributed by atoms with E-state index >= 15 is 0 Å². The molecule has 0 saturated carbocycles. The van der Waals surface area contributed by atoms with Crippen LogP contribution in [0.5, 0.6) is 5.75 Å². The summed E-state index contributed by atoms with van der Waals surface area (Å²) < 4.78 is 46.2. The molecule has 0 amide bonds. The number of benzene rings is 2. The number of aryl methyl sites for hydroxylation is 1. The number of carboxylic acid groups (broad SMARTS) is 1. The molecule has 0 bridgehead atoms. The van der Waals surface area contributed by atoms with Gasteiger partial charge in [-0.05, 0) is 37.3 Å². The van der Waals surface area contributed by atoms with Gasteiger partial charge in [-0.2, -0.15) is 18.3 Å². The van der Waals surface area contributed by atoms with Crippen molar-refractivity contribution in [3.63, 3.8) is 0 Å². The molecular weight excluding hydrogens is 493 g/mol. The van der Waals surface area contributed by atoms with Crippen LogP contribution in [-0.4, -0.2) is 33.0 Å². The largest absolute Gasteiger partial charge is 0.497 e. The number of methoxy groups -OCH3 is 1. The highest BCUT2D eigenvalue weighted by atomic mass is 35.5. The van der Waals surface area contributed by atoms with Crippen LogP contribution in [0.15, 0.2) is 47.8 Å². The first-order chi connectivity index (χ1) is 16.1. The van der Waals surface area contributed by atoms with Crippen molar-refractivity contribution in [1.29, 1.82) is 0 Å². The molecule has 7 nitrogen and oxygen atoms in total. The van der Waals surface area contributed by atoms with Crippen molar-refractivity contribution in [3.05, 3.63) is 69.8 Å². The number of rotatable bonds is 6. The fourth-order valence-electron chi connectivity index (χ4n) is 3.28. The predicted molar refractivity (Wildman–Crippen MR) is 123 cm³/mol. The number of carboxylic acids is 1. The average Bonchev–Trinajstić information content (AvgIpc) is 3.39. The number of nitrogens with one attached hydrogen (secondary N) is 1. The first-order valence-corrected chi connectivity index (χ1v) is 10.9. The predicted octanol–water partition coefficient (Wildman–Crippen LogP) is 6.43. The number of para-hydroxylation sites is 1. The fourth-order valence-corrected chi connectivity index (χ4v) is 4.42. The van der Waals surface area contributed by atoms with Gasteiger partial charge >= 0.3 is 12.1 Å². The van der Waals surface area contributed by atoms with E-state index in [0.29, 0.717) is 22.2 Å². The van der Waals surface area contributed by atoms with E-state index in [4.69, 9.17) is 16.3 Å². The Bertz CT molecular complexity index is 1380. The number of hydrogen-bond acceptors (Lipinski definition) is 6. The molecule has 4 rings (SSSR count). The highest BCUT2D eigenvalue weighted by Crippen LogP contribution is 2.41. The quantitative estimate of drug-likeness (QED) is 0.312. The zero-order chi connectivity index (χ0) is 24.6. The van der Waals surface area contributed by atoms with Crippen LogP contribution in [0.25, 0.3) is 16.3 Å². The maximum absolute atomic E-state index is 13.2. The van der Waals surface area contributed by atoms with Crippen LogP contribution in [0.4, 0.5) is 24.7 Å². The number of nitrogens with zero attached hydrogens (tertiary/aromatic N) is 3. The molecule has 2 aromatic heterocycles. The Morgan fingerprint density at radius 3 is 2.59 bits per heavy atom. The van der Waals surface area contributed by atoms with Gasteiger partial charge in [0.05, 0.1) is 40.3 Å². The third-order valence-electron chi connectivity index (χ3n) is 4.86. The summed E-state index contributed by atoms with van der Waals surface area (Å²) in [7, 11) is 1.41. The van der Waals surface area contributed by atoms with E-state index in [1.165, 1.54) is 23.9 Å². The Morgan fingerprint density at radius 1 is 1.24 bits per heavy atom. The smallest absolute Gasteiger partial charge is 0.434 e. The second kappa shape index (κ2) is 8.99. The highest BCUT2D eigenvalue weighted by molar-refractivity contribution is 7.13. The average molecular weight is 509 g/mol. The number of alkyl halides is 3. The van der Waals surface area contributed by atoms with Crippen LogP contribution >= 0.6 is 22.9 Å². The number of halogens is 4. The van der Waals surface area contributed by atoms with Gasteiger partial charge in [-0.3, -0.25) is 0 Å². The van der Waals surface area contributed by atoms with Crippen molar-refractivity contribution in [3.8, 4) is 22.0 Å². The molecule has 176 valence electrons. The van der Waals surface area contributed by atoms with Crippen molar-refractivity contribution >= 4 is 40.4 Å². The molecule has 2 heterocycles. The van der Waals surface area contributed by atoms with Gasteiger partial charge in [0.1, 0.15) is 16.6 Å². The first kappa shape index (κ1) is 23.6. The lowest BCUT2D eigenvalue weighted by Crippen LogP contribution is -2.08. The second-order valence-electron chi connectivity index (χ2n) is 7.05. The lowest BCUT2D eigenvalue weighted by atomic mass is 10.1. The molecule has 0 aliphatic heterocycles. The highest BCUT2D eigenvalue weighted by Gasteiger charge is 2.35. The summed E-state index contributed by atoms with van der Waals surface area (Å²) in [6, 6.07) is 11.1. The molecule has 0 fully saturated rings. The van der Waals surface area contributed by atoms with Crippen LogP contribution in [-0.2, 0) is 6.18 Å². The molecule has 4 aromatic rings. The van der Waals surface area contributed by atoms with Crippen molar-refractivity contribution in [2.75, 3.05) is 12.4 Å². The number of hydrogen-bond donors (Lipinski definition) is 2. The van der Waals surface area contributed by atoms with Crippen LogP contribution in [0.3, 0.4) is 0 Å². The fraction of sp³-hybridized carbons (Fsp3) is 0.136. The van der Waals surface area contributed by atoms with Gasteiger partial charge in [0.25, 0.3) is 0 Å². The lowest BCUT2D eigenvalue weighted by molar-refractivity contribution is -0.140. The van der Waals surface area contributed by atoms with Gasteiger partial charge in [-0.15, -0.1) is 11.3 Å². The maximum atomic E-state index is 13.2.